The number of hydrogen-bond donors (Lipinski definition) is 2. The summed E-state index contributed by atoms with van der Waals surface area (Å²) < 4.78 is 38.1. The molecule has 8 unspecified atom stereocenters. The fourth-order valence-electron chi connectivity index (χ4n) is 25.4. The maximum absolute atomic E-state index is 11.8. The maximum atomic E-state index is 11.8. The van der Waals surface area contributed by atoms with Crippen molar-refractivity contribution in [3.8, 4) is 34.5 Å². The molecule has 2 N–H and O–H groups in total. The molecule has 119 heavy (non-hydrogen) atoms. The Morgan fingerprint density at radius 3 is 1.49 bits per heavy atom. The Morgan fingerprint density at radius 2 is 0.908 bits per heavy atom. The largest absolute Gasteiger partial charge is 0.497 e. The predicted molar refractivity (Wildman–Crippen MR) is 478 cm³/mol. The molecule has 6 heterocycles. The number of nitrogens with zero attached hydrogens (tertiary/aromatic N) is 6. The van der Waals surface area contributed by atoms with Crippen LogP contribution in [0.3, 0.4) is 0 Å². The van der Waals surface area contributed by atoms with Crippen LogP contribution >= 0.6 is 23.2 Å². The summed E-state index contributed by atoms with van der Waals surface area (Å²) in [6.45, 7) is 17.4. The SMILES string of the molecule is CCOC(=O)N1CCC(N2CCC(O)(c3cc(Cl)ccc3OC)CC2)CC1.COc1ccc(Cl)cc1C1CCN(C2CC3CCC(C3)C2)CC1.COc1ccc(OC)c(C2CCN(C3C[C@H]4CC[C@H]3C4)CC2)c1.COc1ccccc1C1(O)CCN(CC2CC3C=CC2C3)CC1.COc1ccccc1C1CCN(CC2CC3CCC(C3)C2)CC1. The summed E-state index contributed by atoms with van der Waals surface area (Å²) in [7, 11) is 10.4. The van der Waals surface area contributed by atoms with Crippen molar-refractivity contribution < 1.29 is 48.2 Å². The lowest BCUT2D eigenvalue weighted by Crippen LogP contribution is -2.51. The smallest absolute Gasteiger partial charge is 0.409 e. The lowest BCUT2D eigenvalue weighted by molar-refractivity contribution is -0.0429. The zero-order chi connectivity index (χ0) is 82.6. The number of aliphatic hydroxyl groups is 2. The van der Waals surface area contributed by atoms with Crippen LogP contribution in [0.25, 0.3) is 0 Å². The number of ether oxygens (including phenoxy) is 7. The van der Waals surface area contributed by atoms with E-state index in [0.29, 0.717) is 54.0 Å². The van der Waals surface area contributed by atoms with E-state index in [1.807, 2.05) is 61.5 Å². The number of rotatable bonds is 19. The molecule has 0 radical (unpaired) electrons. The maximum Gasteiger partial charge on any atom is 0.409 e. The summed E-state index contributed by atoms with van der Waals surface area (Å²) in [4.78, 5) is 27.0. The minimum atomic E-state index is -0.918. The van der Waals surface area contributed by atoms with E-state index in [2.05, 4.69) is 79.1 Å². The van der Waals surface area contributed by atoms with Gasteiger partial charge in [0.15, 0.2) is 0 Å². The van der Waals surface area contributed by atoms with Crippen LogP contribution in [0, 0.1) is 59.2 Å². The molecule has 652 valence electrons. The highest BCUT2D eigenvalue weighted by Gasteiger charge is 2.46. The van der Waals surface area contributed by atoms with Gasteiger partial charge in [-0.15, -0.1) is 0 Å². The Hall–Kier alpha value is -5.79. The average Bonchev–Trinajstić information content (AvgIpc) is 1.72. The Labute approximate surface area is 724 Å². The Morgan fingerprint density at radius 1 is 0.412 bits per heavy atom. The molecule has 1 amide bonds. The van der Waals surface area contributed by atoms with Gasteiger partial charge >= 0.3 is 6.09 Å². The van der Waals surface area contributed by atoms with Crippen LogP contribution < -0.4 is 28.4 Å². The van der Waals surface area contributed by atoms with E-state index < -0.39 is 11.2 Å². The summed E-state index contributed by atoms with van der Waals surface area (Å²) in [6, 6.07) is 36.4. The molecule has 0 spiro atoms. The molecule has 14 aliphatic rings. The second-order valence-electron chi connectivity index (χ2n) is 38.6. The zero-order valence-electron chi connectivity index (χ0n) is 73.2. The number of piperidine rings is 6. The number of allylic oxidation sites excluding steroid dienone is 2. The molecule has 0 aromatic heterocycles. The molecule has 18 heteroatoms. The van der Waals surface area contributed by atoms with Gasteiger partial charge in [-0.2, -0.15) is 0 Å². The van der Waals surface area contributed by atoms with Crippen molar-refractivity contribution in [1.29, 1.82) is 0 Å². The number of benzene rings is 5. The van der Waals surface area contributed by atoms with Crippen molar-refractivity contribution >= 4 is 29.3 Å². The summed E-state index contributed by atoms with van der Waals surface area (Å²) in [5.74, 6) is 17.2. The van der Waals surface area contributed by atoms with Crippen LogP contribution in [-0.2, 0) is 15.9 Å². The van der Waals surface area contributed by atoms with Gasteiger partial charge in [0.1, 0.15) is 34.5 Å². The Bertz CT molecular complexity index is 4040. The highest BCUT2D eigenvalue weighted by atomic mass is 35.5. The van der Waals surface area contributed by atoms with Crippen molar-refractivity contribution in [2.45, 2.75) is 234 Å². The number of hydrogen-bond acceptors (Lipinski definition) is 15. The number of amides is 1. The molecule has 6 aliphatic heterocycles. The predicted octanol–water partition coefficient (Wildman–Crippen LogP) is 20.3. The van der Waals surface area contributed by atoms with Crippen LogP contribution in [0.2, 0.25) is 10.0 Å². The normalized spacial score (nSPS) is 29.6. The summed E-state index contributed by atoms with van der Waals surface area (Å²) >= 11 is 12.4. The van der Waals surface area contributed by atoms with Gasteiger partial charge in [-0.05, 0) is 349 Å². The highest BCUT2D eigenvalue weighted by Crippen LogP contribution is 2.52. The van der Waals surface area contributed by atoms with Gasteiger partial charge in [0, 0.05) is 97.2 Å². The van der Waals surface area contributed by atoms with Gasteiger partial charge < -0.3 is 72.8 Å². The van der Waals surface area contributed by atoms with Crippen LogP contribution in [0.5, 0.6) is 34.5 Å². The zero-order valence-corrected chi connectivity index (χ0v) is 74.7. The summed E-state index contributed by atoms with van der Waals surface area (Å²) in [6.07, 6.45) is 40.7. The van der Waals surface area contributed by atoms with Crippen molar-refractivity contribution in [2.75, 3.05) is 141 Å². The number of methoxy groups -OCH3 is 6. The molecule has 16 nitrogen and oxygen atoms in total. The van der Waals surface area contributed by atoms with Crippen molar-refractivity contribution in [1.82, 2.24) is 29.4 Å². The van der Waals surface area contributed by atoms with E-state index in [-0.39, 0.29) is 6.09 Å². The number of para-hydroxylation sites is 2. The van der Waals surface area contributed by atoms with Crippen molar-refractivity contribution in [3.63, 3.8) is 0 Å². The van der Waals surface area contributed by atoms with Gasteiger partial charge in [0.05, 0.1) is 60.5 Å². The van der Waals surface area contributed by atoms with Gasteiger partial charge in [-0.25, -0.2) is 4.79 Å². The van der Waals surface area contributed by atoms with E-state index in [1.165, 1.54) is 204 Å². The second-order valence-corrected chi connectivity index (χ2v) is 39.5. The molecule has 19 rings (SSSR count). The minimum absolute atomic E-state index is 0.211. The van der Waals surface area contributed by atoms with E-state index in [1.54, 1.807) is 60.0 Å². The summed E-state index contributed by atoms with van der Waals surface area (Å²) in [5.41, 5.74) is 4.13. The Balaban J connectivity index is 0.000000116. The number of fused-ring (bicyclic) bond motifs is 8. The molecule has 5 aromatic carbocycles. The average molecular weight is 1670 g/mol. The van der Waals surface area contributed by atoms with Crippen LogP contribution in [0.15, 0.2) is 115 Å². The molecule has 13 fully saturated rings. The molecular formula is C101H144Cl2N6O10. The molecule has 5 aromatic rings. The third-order valence-electron chi connectivity index (χ3n) is 31.8. The standard InChI is InChI=1S/C21H31NO.C20H29ClN2O4.C20H28ClNO.C20H29NO2.C20H27NO2/c1-23-21-5-3-2-4-20(21)19-8-10-22(11-9-19)15-18-13-16-6-7-17(12-16)14-18;1-3-27-19(24)23-10-6-16(7-11-23)22-12-8-20(25,9-13-22)17-14-15(21)4-5-18(17)26-2;1-23-20-5-4-17(21)13-19(20)16-6-8-22(9-7-16)18-11-14-2-3-15(10-14)12-18;1-22-17-5-6-20(23-2)18(13-17)15-7-9-21(10-8-15)19-12-14-3-4-16(19)11-14;1-23-19-5-3-2-4-18(19)20(22)8-10-21(11-9-20)14-17-13-15-6-7-16(17)12-15/h2-5,16-19H,6-15H2,1H3;4-5,14,16,25H,3,6-13H2,1-2H3;4-5,13-16,18H,2-3,6-12H2,1H3;5-6,13-16,19H,3-4,7-12H2,1-2H3;2-7,15-17,22H,8-14H2,1H3/t;;;14-,16-,19?;/m...0./s1. The third-order valence-corrected chi connectivity index (χ3v) is 32.2. The summed E-state index contributed by atoms with van der Waals surface area (Å²) in [5, 5.41) is 23.8. The third kappa shape index (κ3) is 21.8. The second kappa shape index (κ2) is 41.3. The van der Waals surface area contributed by atoms with E-state index in [0.717, 1.165) is 181 Å². The lowest BCUT2D eigenvalue weighted by atomic mass is 9.80. The van der Waals surface area contributed by atoms with E-state index in [9.17, 15) is 15.0 Å². The fourth-order valence-corrected chi connectivity index (χ4v) is 25.7. The molecule has 6 saturated heterocycles. The molecule has 10 atom stereocenters. The van der Waals surface area contributed by atoms with Gasteiger partial charge in [0.25, 0.3) is 0 Å². The van der Waals surface area contributed by atoms with Crippen LogP contribution in [0.4, 0.5) is 4.79 Å². The first-order valence-corrected chi connectivity index (χ1v) is 47.6. The minimum Gasteiger partial charge on any atom is -0.497 e. The molecule has 7 saturated carbocycles. The van der Waals surface area contributed by atoms with Gasteiger partial charge in [-0.3, -0.25) is 0 Å². The molecule has 8 bridgehead atoms. The molecule has 8 aliphatic carbocycles. The fraction of sp³-hybridized carbons (Fsp3) is 0.673. The first-order valence-electron chi connectivity index (χ1n) is 46.8. The van der Waals surface area contributed by atoms with E-state index >= 15 is 0 Å². The first-order chi connectivity index (χ1) is 58.0. The quantitative estimate of drug-likeness (QED) is 0.0757. The lowest BCUT2D eigenvalue weighted by Gasteiger charge is -2.44. The number of carbonyl (C=O) groups is 1. The monoisotopic (exact) mass is 1670 g/mol. The number of halogens is 2. The van der Waals surface area contributed by atoms with Gasteiger partial charge in [-0.1, -0.05) is 104 Å². The molecular weight excluding hydrogens is 1530 g/mol. The van der Waals surface area contributed by atoms with Crippen LogP contribution in [0.1, 0.15) is 232 Å². The Kier molecular flexibility index (Phi) is 30.6. The van der Waals surface area contributed by atoms with Crippen molar-refractivity contribution in [3.05, 3.63) is 153 Å². The van der Waals surface area contributed by atoms with E-state index in [4.69, 9.17) is 56.4 Å². The number of likely N-dealkylation sites (tertiary alicyclic amines) is 6. The van der Waals surface area contributed by atoms with Crippen LogP contribution in [-0.4, -0.2) is 205 Å². The first kappa shape index (κ1) is 88.1. The number of carbonyl (C=O) groups excluding carboxylic acids is 1. The van der Waals surface area contributed by atoms with Gasteiger partial charge in [0.2, 0.25) is 0 Å². The van der Waals surface area contributed by atoms with Crippen molar-refractivity contribution in [2.24, 2.45) is 59.2 Å². The highest BCUT2D eigenvalue weighted by molar-refractivity contribution is 6.31. The topological polar surface area (TPSA) is 142 Å².